The molecule has 0 amide bonds. The van der Waals surface area contributed by atoms with Crippen molar-refractivity contribution >= 4 is 0 Å². The van der Waals surface area contributed by atoms with Crippen LogP contribution in [0.4, 0.5) is 0 Å². The van der Waals surface area contributed by atoms with Crippen LogP contribution in [0.3, 0.4) is 0 Å². The molecule has 1 aromatic carbocycles. The largest absolute Gasteiger partial charge is 0.497 e. The molecular weight excluding hydrogens is 208 g/mol. The second-order valence-corrected chi connectivity index (χ2v) is 4.47. The number of fused-ring (bicyclic) bond motifs is 1. The first-order valence-electron chi connectivity index (χ1n) is 6.31. The molecule has 0 heterocycles. The predicted octanol–water partition coefficient (Wildman–Crippen LogP) is 4.25. The summed E-state index contributed by atoms with van der Waals surface area (Å²) in [7, 11) is 1.73. The first kappa shape index (κ1) is 12.0. The average molecular weight is 228 g/mol. The van der Waals surface area contributed by atoms with Crippen LogP contribution < -0.4 is 4.74 Å². The molecule has 0 saturated heterocycles. The molecule has 0 unspecified atom stereocenters. The predicted molar refractivity (Wildman–Crippen MR) is 72.6 cm³/mol. The van der Waals surface area contributed by atoms with Gasteiger partial charge in [-0.1, -0.05) is 30.4 Å². The Bertz CT molecular complexity index is 429. The topological polar surface area (TPSA) is 9.23 Å². The Labute approximate surface area is 104 Å². The SMILES string of the molecule is C/C=C/C=C/[C@H]1CCCc2cc(OC)ccc21. The Morgan fingerprint density at radius 3 is 2.94 bits per heavy atom. The van der Waals surface area contributed by atoms with Crippen LogP contribution in [0, 0.1) is 0 Å². The lowest BCUT2D eigenvalue weighted by Crippen LogP contribution is -2.07. The van der Waals surface area contributed by atoms with E-state index >= 15 is 0 Å². The fraction of sp³-hybridized carbons (Fsp3) is 0.375. The van der Waals surface area contributed by atoms with Crippen LogP contribution in [0.1, 0.15) is 36.8 Å². The molecule has 0 radical (unpaired) electrons. The molecule has 0 bridgehead atoms. The molecule has 17 heavy (non-hydrogen) atoms. The van der Waals surface area contributed by atoms with Crippen LogP contribution in [0.15, 0.2) is 42.5 Å². The van der Waals surface area contributed by atoms with Gasteiger partial charge in [0, 0.05) is 5.92 Å². The van der Waals surface area contributed by atoms with Crippen molar-refractivity contribution in [2.24, 2.45) is 0 Å². The van der Waals surface area contributed by atoms with E-state index in [0.29, 0.717) is 5.92 Å². The maximum Gasteiger partial charge on any atom is 0.119 e. The fourth-order valence-corrected chi connectivity index (χ4v) is 2.46. The minimum atomic E-state index is 0.570. The second kappa shape index (κ2) is 5.72. The van der Waals surface area contributed by atoms with Crippen molar-refractivity contribution in [1.82, 2.24) is 0 Å². The van der Waals surface area contributed by atoms with Crippen LogP contribution in [0.5, 0.6) is 5.75 Å². The third-order valence-electron chi connectivity index (χ3n) is 3.36. The van der Waals surface area contributed by atoms with Crippen LogP contribution in [0.25, 0.3) is 0 Å². The van der Waals surface area contributed by atoms with Crippen molar-refractivity contribution in [2.45, 2.75) is 32.1 Å². The van der Waals surface area contributed by atoms with E-state index in [1.54, 1.807) is 7.11 Å². The van der Waals surface area contributed by atoms with Gasteiger partial charge in [0.25, 0.3) is 0 Å². The lowest BCUT2D eigenvalue weighted by atomic mass is 9.82. The second-order valence-electron chi connectivity index (χ2n) is 4.47. The van der Waals surface area contributed by atoms with Gasteiger partial charge in [-0.15, -0.1) is 0 Å². The maximum atomic E-state index is 5.28. The maximum absolute atomic E-state index is 5.28. The van der Waals surface area contributed by atoms with Crippen LogP contribution in [0.2, 0.25) is 0 Å². The molecule has 1 atom stereocenters. The molecule has 1 aliphatic carbocycles. The molecule has 0 spiro atoms. The summed E-state index contributed by atoms with van der Waals surface area (Å²) in [6.45, 7) is 2.05. The van der Waals surface area contributed by atoms with Crippen LogP contribution in [-0.2, 0) is 6.42 Å². The quantitative estimate of drug-likeness (QED) is 0.703. The number of methoxy groups -OCH3 is 1. The van der Waals surface area contributed by atoms with Crippen molar-refractivity contribution in [3.05, 3.63) is 53.6 Å². The van der Waals surface area contributed by atoms with E-state index in [9.17, 15) is 0 Å². The summed E-state index contributed by atoms with van der Waals surface area (Å²) < 4.78 is 5.28. The number of allylic oxidation sites excluding steroid dienone is 4. The monoisotopic (exact) mass is 228 g/mol. The minimum absolute atomic E-state index is 0.570. The zero-order chi connectivity index (χ0) is 12.1. The molecule has 1 heteroatoms. The van der Waals surface area contributed by atoms with Gasteiger partial charge < -0.3 is 4.74 Å². The molecular formula is C16H20O. The molecule has 0 saturated carbocycles. The van der Waals surface area contributed by atoms with E-state index in [1.165, 1.54) is 30.4 Å². The number of hydrogen-bond donors (Lipinski definition) is 0. The van der Waals surface area contributed by atoms with Crippen molar-refractivity contribution in [3.63, 3.8) is 0 Å². The lowest BCUT2D eigenvalue weighted by Gasteiger charge is -2.23. The summed E-state index contributed by atoms with van der Waals surface area (Å²) >= 11 is 0. The summed E-state index contributed by atoms with van der Waals surface area (Å²) in [5.74, 6) is 1.54. The highest BCUT2D eigenvalue weighted by molar-refractivity contribution is 5.41. The van der Waals surface area contributed by atoms with Crippen molar-refractivity contribution in [1.29, 1.82) is 0 Å². The van der Waals surface area contributed by atoms with Gasteiger partial charge in [-0.2, -0.15) is 0 Å². The van der Waals surface area contributed by atoms with Crippen LogP contribution >= 0.6 is 0 Å². The summed E-state index contributed by atoms with van der Waals surface area (Å²) in [6.07, 6.45) is 12.3. The Morgan fingerprint density at radius 1 is 1.29 bits per heavy atom. The van der Waals surface area contributed by atoms with Gasteiger partial charge in [0.05, 0.1) is 7.11 Å². The minimum Gasteiger partial charge on any atom is -0.497 e. The standard InChI is InChI=1S/C16H20O/c1-3-4-5-7-13-8-6-9-14-12-15(17-2)10-11-16(13)14/h3-5,7,10-13H,6,8-9H2,1-2H3/b4-3+,7-5+/t13-/m0/s1. The number of aryl methyl sites for hydroxylation is 1. The molecule has 1 nitrogen and oxygen atoms in total. The molecule has 0 N–H and O–H groups in total. The zero-order valence-corrected chi connectivity index (χ0v) is 10.6. The van der Waals surface area contributed by atoms with E-state index in [-0.39, 0.29) is 0 Å². The van der Waals surface area contributed by atoms with E-state index in [4.69, 9.17) is 4.74 Å². The van der Waals surface area contributed by atoms with Crippen molar-refractivity contribution < 1.29 is 4.74 Å². The number of ether oxygens (including phenoxy) is 1. The molecule has 1 aromatic rings. The van der Waals surface area contributed by atoms with E-state index in [1.807, 2.05) is 6.92 Å². The lowest BCUT2D eigenvalue weighted by molar-refractivity contribution is 0.413. The van der Waals surface area contributed by atoms with Gasteiger partial charge in [0.2, 0.25) is 0 Å². The number of rotatable bonds is 3. The van der Waals surface area contributed by atoms with E-state index < -0.39 is 0 Å². The van der Waals surface area contributed by atoms with Crippen LogP contribution in [-0.4, -0.2) is 7.11 Å². The van der Waals surface area contributed by atoms with Crippen molar-refractivity contribution in [2.75, 3.05) is 7.11 Å². The Balaban J connectivity index is 2.25. The van der Waals surface area contributed by atoms with Gasteiger partial charge >= 0.3 is 0 Å². The van der Waals surface area contributed by atoms with Gasteiger partial charge in [-0.3, -0.25) is 0 Å². The third kappa shape index (κ3) is 2.79. The number of benzene rings is 1. The summed E-state index contributed by atoms with van der Waals surface area (Å²) in [6, 6.07) is 6.48. The molecule has 90 valence electrons. The Kier molecular flexibility index (Phi) is 4.03. The highest BCUT2D eigenvalue weighted by Crippen LogP contribution is 2.34. The smallest absolute Gasteiger partial charge is 0.119 e. The normalized spacial score (nSPS) is 19.8. The zero-order valence-electron chi connectivity index (χ0n) is 10.6. The first-order valence-corrected chi connectivity index (χ1v) is 6.31. The Hall–Kier alpha value is -1.50. The summed E-state index contributed by atoms with van der Waals surface area (Å²) in [4.78, 5) is 0. The molecule has 1 aliphatic rings. The molecule has 0 fully saturated rings. The van der Waals surface area contributed by atoms with E-state index in [2.05, 4.69) is 42.5 Å². The van der Waals surface area contributed by atoms with Crippen molar-refractivity contribution in [3.8, 4) is 5.75 Å². The van der Waals surface area contributed by atoms with E-state index in [0.717, 1.165) is 5.75 Å². The van der Waals surface area contributed by atoms with Gasteiger partial charge in [0.15, 0.2) is 0 Å². The van der Waals surface area contributed by atoms with Gasteiger partial charge in [-0.25, -0.2) is 0 Å². The first-order chi connectivity index (χ1) is 8.35. The van der Waals surface area contributed by atoms with Gasteiger partial charge in [-0.05, 0) is 49.4 Å². The molecule has 0 aliphatic heterocycles. The van der Waals surface area contributed by atoms with Gasteiger partial charge in [0.1, 0.15) is 5.75 Å². The Morgan fingerprint density at radius 2 is 2.18 bits per heavy atom. The molecule has 2 rings (SSSR count). The highest BCUT2D eigenvalue weighted by atomic mass is 16.5. The highest BCUT2D eigenvalue weighted by Gasteiger charge is 2.17. The average Bonchev–Trinajstić information content (AvgIpc) is 2.38. The fourth-order valence-electron chi connectivity index (χ4n) is 2.46. The molecule has 0 aromatic heterocycles. The summed E-state index contributed by atoms with van der Waals surface area (Å²) in [5, 5.41) is 0. The number of hydrogen-bond acceptors (Lipinski definition) is 1. The summed E-state index contributed by atoms with van der Waals surface area (Å²) in [5.41, 5.74) is 2.92. The third-order valence-corrected chi connectivity index (χ3v) is 3.36.